The topological polar surface area (TPSA) is 42.2 Å². The highest BCUT2D eigenvalue weighted by molar-refractivity contribution is 5.95. The number of benzene rings is 1. The Kier molecular flexibility index (Phi) is 3.35. The van der Waals surface area contributed by atoms with Gasteiger partial charge in [0.1, 0.15) is 5.76 Å². The first-order valence-electron chi connectivity index (χ1n) is 7.09. The number of hydrogen-bond acceptors (Lipinski definition) is 2. The first kappa shape index (κ1) is 13.0. The van der Waals surface area contributed by atoms with Crippen LogP contribution >= 0.6 is 0 Å². The Hall–Kier alpha value is -2.03. The van der Waals surface area contributed by atoms with Gasteiger partial charge in [-0.2, -0.15) is 0 Å². The molecule has 1 aromatic carbocycles. The molecule has 1 aliphatic rings. The molecule has 20 heavy (non-hydrogen) atoms. The van der Waals surface area contributed by atoms with Gasteiger partial charge in [0.15, 0.2) is 0 Å². The minimum absolute atomic E-state index is 0.0431. The van der Waals surface area contributed by atoms with Crippen LogP contribution in [0.25, 0.3) is 0 Å². The van der Waals surface area contributed by atoms with E-state index in [0.29, 0.717) is 17.9 Å². The number of carbonyl (C=O) groups is 1. The molecule has 3 nitrogen and oxygen atoms in total. The number of nitrogens with one attached hydrogen (secondary N) is 1. The van der Waals surface area contributed by atoms with Crippen molar-refractivity contribution in [2.45, 2.75) is 31.6 Å². The lowest BCUT2D eigenvalue weighted by molar-refractivity contribution is 0.0926. The van der Waals surface area contributed by atoms with Crippen molar-refractivity contribution in [2.75, 3.05) is 6.54 Å². The molecular formula is C17H19NO2. The second kappa shape index (κ2) is 5.16. The van der Waals surface area contributed by atoms with Gasteiger partial charge in [0, 0.05) is 12.0 Å². The number of furan rings is 1. The number of rotatable bonds is 4. The molecule has 0 unspecified atom stereocenters. The lowest BCUT2D eigenvalue weighted by atomic mass is 9.64. The maximum absolute atomic E-state index is 12.2. The molecule has 0 bridgehead atoms. The van der Waals surface area contributed by atoms with E-state index in [-0.39, 0.29) is 11.3 Å². The molecule has 1 aromatic heterocycles. The Labute approximate surface area is 119 Å². The molecule has 1 fully saturated rings. The number of carbonyl (C=O) groups excluding carboxylic acids is 1. The molecule has 1 saturated carbocycles. The van der Waals surface area contributed by atoms with Crippen molar-refractivity contribution < 1.29 is 9.21 Å². The molecule has 3 rings (SSSR count). The van der Waals surface area contributed by atoms with Gasteiger partial charge in [0.2, 0.25) is 0 Å². The summed E-state index contributed by atoms with van der Waals surface area (Å²) in [5, 5.41) is 3.07. The highest BCUT2D eigenvalue weighted by atomic mass is 16.3. The van der Waals surface area contributed by atoms with E-state index in [4.69, 9.17) is 4.42 Å². The molecule has 1 aliphatic carbocycles. The van der Waals surface area contributed by atoms with Crippen LogP contribution in [0.2, 0.25) is 0 Å². The second-order valence-electron chi connectivity index (χ2n) is 5.57. The van der Waals surface area contributed by atoms with Crippen molar-refractivity contribution in [1.29, 1.82) is 0 Å². The SMILES string of the molecule is Cc1occc1C(=O)NCC1(c2ccccc2)CCC1. The van der Waals surface area contributed by atoms with E-state index in [1.807, 2.05) is 13.0 Å². The largest absolute Gasteiger partial charge is 0.469 e. The zero-order chi connectivity index (χ0) is 14.0. The third-order valence-corrected chi connectivity index (χ3v) is 4.39. The summed E-state index contributed by atoms with van der Waals surface area (Å²) in [5.41, 5.74) is 2.08. The molecule has 3 heteroatoms. The Balaban J connectivity index is 1.71. The monoisotopic (exact) mass is 269 g/mol. The standard InChI is InChI=1S/C17H19NO2/c1-13-15(8-11-20-13)16(19)18-12-17(9-5-10-17)14-6-3-2-4-7-14/h2-4,6-8,11H,5,9-10,12H2,1H3,(H,18,19). The van der Waals surface area contributed by atoms with Crippen LogP contribution in [-0.2, 0) is 5.41 Å². The van der Waals surface area contributed by atoms with Crippen molar-refractivity contribution in [3.63, 3.8) is 0 Å². The quantitative estimate of drug-likeness (QED) is 0.923. The van der Waals surface area contributed by atoms with Gasteiger partial charge in [-0.3, -0.25) is 4.79 Å². The fourth-order valence-corrected chi connectivity index (χ4v) is 2.93. The summed E-state index contributed by atoms with van der Waals surface area (Å²) in [4.78, 5) is 12.2. The van der Waals surface area contributed by atoms with E-state index in [9.17, 15) is 4.79 Å². The van der Waals surface area contributed by atoms with E-state index in [1.165, 1.54) is 12.0 Å². The summed E-state index contributed by atoms with van der Waals surface area (Å²) >= 11 is 0. The molecule has 0 spiro atoms. The van der Waals surface area contributed by atoms with Crippen LogP contribution in [-0.4, -0.2) is 12.5 Å². The number of aryl methyl sites for hydroxylation is 1. The zero-order valence-corrected chi connectivity index (χ0v) is 11.7. The highest BCUT2D eigenvalue weighted by Crippen LogP contribution is 2.43. The second-order valence-corrected chi connectivity index (χ2v) is 5.57. The third kappa shape index (κ3) is 2.24. The molecule has 0 saturated heterocycles. The third-order valence-electron chi connectivity index (χ3n) is 4.39. The first-order chi connectivity index (χ1) is 9.71. The molecule has 0 radical (unpaired) electrons. The maximum atomic E-state index is 12.2. The lowest BCUT2D eigenvalue weighted by Crippen LogP contribution is -2.45. The maximum Gasteiger partial charge on any atom is 0.254 e. The Bertz CT molecular complexity index is 596. The predicted molar refractivity (Wildman–Crippen MR) is 77.7 cm³/mol. The number of amides is 1. The molecule has 1 N–H and O–H groups in total. The highest BCUT2D eigenvalue weighted by Gasteiger charge is 2.38. The summed E-state index contributed by atoms with van der Waals surface area (Å²) in [7, 11) is 0. The van der Waals surface area contributed by atoms with Gasteiger partial charge in [0.05, 0.1) is 11.8 Å². The van der Waals surface area contributed by atoms with Gasteiger partial charge in [-0.1, -0.05) is 36.8 Å². The summed E-state index contributed by atoms with van der Waals surface area (Å²) in [5.74, 6) is 0.628. The fourth-order valence-electron chi connectivity index (χ4n) is 2.93. The zero-order valence-electron chi connectivity index (χ0n) is 11.7. The molecule has 104 valence electrons. The van der Waals surface area contributed by atoms with Crippen molar-refractivity contribution in [1.82, 2.24) is 5.32 Å². The van der Waals surface area contributed by atoms with Gasteiger partial charge < -0.3 is 9.73 Å². The molecule has 1 amide bonds. The Morgan fingerprint density at radius 2 is 2.00 bits per heavy atom. The molecule has 1 heterocycles. The Morgan fingerprint density at radius 1 is 1.25 bits per heavy atom. The smallest absolute Gasteiger partial charge is 0.254 e. The summed E-state index contributed by atoms with van der Waals surface area (Å²) in [6.45, 7) is 2.51. The fraction of sp³-hybridized carbons (Fsp3) is 0.353. The molecule has 0 atom stereocenters. The van der Waals surface area contributed by atoms with Crippen molar-refractivity contribution in [3.05, 3.63) is 59.5 Å². The van der Waals surface area contributed by atoms with Crippen LogP contribution in [0.4, 0.5) is 0 Å². The van der Waals surface area contributed by atoms with E-state index in [1.54, 1.807) is 12.3 Å². The van der Waals surface area contributed by atoms with Gasteiger partial charge in [-0.15, -0.1) is 0 Å². The van der Waals surface area contributed by atoms with E-state index in [0.717, 1.165) is 12.8 Å². The van der Waals surface area contributed by atoms with Gasteiger partial charge in [0.25, 0.3) is 5.91 Å². The summed E-state index contributed by atoms with van der Waals surface area (Å²) in [6.07, 6.45) is 5.07. The van der Waals surface area contributed by atoms with Crippen LogP contribution < -0.4 is 5.32 Å². The van der Waals surface area contributed by atoms with Crippen LogP contribution in [0.1, 0.15) is 40.9 Å². The summed E-state index contributed by atoms with van der Waals surface area (Å²) < 4.78 is 5.18. The minimum Gasteiger partial charge on any atom is -0.469 e. The average molecular weight is 269 g/mol. The molecule has 0 aliphatic heterocycles. The lowest BCUT2D eigenvalue weighted by Gasteiger charge is -2.42. The van der Waals surface area contributed by atoms with Gasteiger partial charge in [-0.25, -0.2) is 0 Å². The van der Waals surface area contributed by atoms with Crippen molar-refractivity contribution in [3.8, 4) is 0 Å². The van der Waals surface area contributed by atoms with E-state index in [2.05, 4.69) is 29.6 Å². The normalized spacial score (nSPS) is 16.4. The van der Waals surface area contributed by atoms with Crippen LogP contribution in [0.5, 0.6) is 0 Å². The van der Waals surface area contributed by atoms with E-state index < -0.39 is 0 Å². The average Bonchev–Trinajstić information content (AvgIpc) is 2.85. The van der Waals surface area contributed by atoms with Crippen molar-refractivity contribution in [2.24, 2.45) is 0 Å². The summed E-state index contributed by atoms with van der Waals surface area (Å²) in [6, 6.07) is 12.2. The van der Waals surface area contributed by atoms with Gasteiger partial charge in [-0.05, 0) is 31.4 Å². The Morgan fingerprint density at radius 3 is 2.55 bits per heavy atom. The van der Waals surface area contributed by atoms with E-state index >= 15 is 0 Å². The van der Waals surface area contributed by atoms with Crippen LogP contribution in [0.15, 0.2) is 47.1 Å². The predicted octanol–water partition coefficient (Wildman–Crippen LogP) is 3.44. The minimum atomic E-state index is -0.0431. The van der Waals surface area contributed by atoms with Crippen LogP contribution in [0, 0.1) is 6.92 Å². The first-order valence-corrected chi connectivity index (χ1v) is 7.09. The van der Waals surface area contributed by atoms with Gasteiger partial charge >= 0.3 is 0 Å². The van der Waals surface area contributed by atoms with Crippen molar-refractivity contribution >= 4 is 5.91 Å². The molecular weight excluding hydrogens is 250 g/mol. The van der Waals surface area contributed by atoms with Crippen LogP contribution in [0.3, 0.4) is 0 Å². The number of hydrogen-bond donors (Lipinski definition) is 1. The molecule has 2 aromatic rings.